The zero-order valence-electron chi connectivity index (χ0n) is 9.74. The van der Waals surface area contributed by atoms with E-state index in [4.69, 9.17) is 0 Å². The number of fused-ring (bicyclic) bond motifs is 1. The van der Waals surface area contributed by atoms with Crippen LogP contribution in [0.4, 0.5) is 0 Å². The predicted molar refractivity (Wildman–Crippen MR) is 66.3 cm³/mol. The smallest absolute Gasteiger partial charge is 0.255 e. The monoisotopic (exact) mass is 238 g/mol. The third kappa shape index (κ3) is 1.66. The SMILES string of the molecule is Cc1ccc(-c2nnc3ncc(C=O)cn23)cc1. The Kier molecular flexibility index (Phi) is 2.37. The molecular weight excluding hydrogens is 228 g/mol. The minimum absolute atomic E-state index is 0.483. The lowest BCUT2D eigenvalue weighted by molar-refractivity contribution is 0.112. The molecule has 3 aromatic rings. The van der Waals surface area contributed by atoms with E-state index in [1.807, 2.05) is 31.2 Å². The van der Waals surface area contributed by atoms with Crippen LogP contribution >= 0.6 is 0 Å². The molecule has 0 saturated carbocycles. The van der Waals surface area contributed by atoms with Gasteiger partial charge in [0.25, 0.3) is 5.78 Å². The standard InChI is InChI=1S/C13H10N4O/c1-9-2-4-11(5-3-9)12-15-16-13-14-6-10(8-18)7-17(12)13/h2-8H,1H3. The first-order chi connectivity index (χ1) is 8.78. The molecule has 5 heteroatoms. The summed E-state index contributed by atoms with van der Waals surface area (Å²) >= 11 is 0. The Morgan fingerprint density at radius 1 is 1.17 bits per heavy atom. The first-order valence-electron chi connectivity index (χ1n) is 5.51. The van der Waals surface area contributed by atoms with E-state index in [9.17, 15) is 4.79 Å². The van der Waals surface area contributed by atoms with Gasteiger partial charge in [-0.3, -0.25) is 9.20 Å². The number of rotatable bonds is 2. The lowest BCUT2D eigenvalue weighted by Gasteiger charge is -2.00. The number of hydrogen-bond acceptors (Lipinski definition) is 4. The van der Waals surface area contributed by atoms with E-state index in [0.717, 1.165) is 11.8 Å². The highest BCUT2D eigenvalue weighted by atomic mass is 16.1. The quantitative estimate of drug-likeness (QED) is 0.640. The molecule has 0 aliphatic heterocycles. The van der Waals surface area contributed by atoms with Crippen LogP contribution in [-0.4, -0.2) is 25.9 Å². The summed E-state index contributed by atoms with van der Waals surface area (Å²) in [7, 11) is 0. The van der Waals surface area contributed by atoms with Crippen LogP contribution in [0.2, 0.25) is 0 Å². The molecule has 0 N–H and O–H groups in total. The van der Waals surface area contributed by atoms with Crippen LogP contribution in [0.25, 0.3) is 17.2 Å². The molecule has 0 fully saturated rings. The molecule has 1 aromatic carbocycles. The number of aryl methyl sites for hydroxylation is 1. The van der Waals surface area contributed by atoms with E-state index in [1.165, 1.54) is 11.8 Å². The molecule has 0 bridgehead atoms. The van der Waals surface area contributed by atoms with Crippen LogP contribution in [0.3, 0.4) is 0 Å². The van der Waals surface area contributed by atoms with Crippen LogP contribution in [0.5, 0.6) is 0 Å². The summed E-state index contributed by atoms with van der Waals surface area (Å²) in [5.41, 5.74) is 2.62. The van der Waals surface area contributed by atoms with Crippen molar-refractivity contribution in [1.82, 2.24) is 19.6 Å². The normalized spacial score (nSPS) is 10.7. The molecule has 0 saturated heterocycles. The van der Waals surface area contributed by atoms with Crippen LogP contribution in [0, 0.1) is 6.92 Å². The van der Waals surface area contributed by atoms with Crippen LogP contribution in [0.15, 0.2) is 36.7 Å². The van der Waals surface area contributed by atoms with E-state index in [0.29, 0.717) is 17.2 Å². The molecule has 0 unspecified atom stereocenters. The molecular formula is C13H10N4O. The van der Waals surface area contributed by atoms with Crippen LogP contribution in [0.1, 0.15) is 15.9 Å². The topological polar surface area (TPSA) is 60.2 Å². The molecule has 0 aliphatic rings. The predicted octanol–water partition coefficient (Wildman–Crippen LogP) is 1.91. The Morgan fingerprint density at radius 2 is 1.94 bits per heavy atom. The maximum atomic E-state index is 10.8. The third-order valence-electron chi connectivity index (χ3n) is 2.73. The van der Waals surface area contributed by atoms with Gasteiger partial charge in [0, 0.05) is 23.5 Å². The summed E-state index contributed by atoms with van der Waals surface area (Å²) in [5.74, 6) is 1.16. The summed E-state index contributed by atoms with van der Waals surface area (Å²) in [6, 6.07) is 7.96. The first-order valence-corrected chi connectivity index (χ1v) is 5.51. The van der Waals surface area contributed by atoms with Crippen molar-refractivity contribution in [3.63, 3.8) is 0 Å². The highest BCUT2D eigenvalue weighted by Gasteiger charge is 2.08. The molecule has 0 atom stereocenters. The summed E-state index contributed by atoms with van der Waals surface area (Å²) in [4.78, 5) is 14.8. The van der Waals surface area contributed by atoms with Crippen molar-refractivity contribution in [2.24, 2.45) is 0 Å². The molecule has 3 rings (SSSR count). The van der Waals surface area contributed by atoms with E-state index in [2.05, 4.69) is 15.2 Å². The zero-order chi connectivity index (χ0) is 12.5. The van der Waals surface area contributed by atoms with Crippen molar-refractivity contribution in [3.05, 3.63) is 47.8 Å². The third-order valence-corrected chi connectivity index (χ3v) is 2.73. The molecule has 18 heavy (non-hydrogen) atoms. The highest BCUT2D eigenvalue weighted by Crippen LogP contribution is 2.18. The van der Waals surface area contributed by atoms with Gasteiger partial charge in [-0.25, -0.2) is 4.98 Å². The van der Waals surface area contributed by atoms with Gasteiger partial charge in [-0.1, -0.05) is 29.8 Å². The zero-order valence-corrected chi connectivity index (χ0v) is 9.74. The Balaban J connectivity index is 2.22. The molecule has 2 heterocycles. The fourth-order valence-corrected chi connectivity index (χ4v) is 1.77. The van der Waals surface area contributed by atoms with Gasteiger partial charge in [-0.15, -0.1) is 10.2 Å². The number of carbonyl (C=O) groups is 1. The van der Waals surface area contributed by atoms with Gasteiger partial charge >= 0.3 is 0 Å². The second-order valence-electron chi connectivity index (χ2n) is 4.06. The Hall–Kier alpha value is -2.56. The van der Waals surface area contributed by atoms with Gasteiger partial charge in [0.05, 0.1) is 0 Å². The second kappa shape index (κ2) is 4.03. The largest absolute Gasteiger partial charge is 0.298 e. The van der Waals surface area contributed by atoms with Crippen LogP contribution < -0.4 is 0 Å². The van der Waals surface area contributed by atoms with Gasteiger partial charge in [-0.2, -0.15) is 0 Å². The average molecular weight is 238 g/mol. The number of hydrogen-bond donors (Lipinski definition) is 0. The lowest BCUT2D eigenvalue weighted by Crippen LogP contribution is -1.94. The summed E-state index contributed by atoms with van der Waals surface area (Å²) < 4.78 is 1.72. The van der Waals surface area contributed by atoms with Gasteiger partial charge in [0.2, 0.25) is 0 Å². The van der Waals surface area contributed by atoms with E-state index in [1.54, 1.807) is 10.6 Å². The molecule has 0 spiro atoms. The number of aromatic nitrogens is 4. The Bertz CT molecular complexity index is 715. The lowest BCUT2D eigenvalue weighted by atomic mass is 10.1. The highest BCUT2D eigenvalue weighted by molar-refractivity contribution is 5.74. The van der Waals surface area contributed by atoms with E-state index < -0.39 is 0 Å². The summed E-state index contributed by atoms with van der Waals surface area (Å²) in [6.07, 6.45) is 3.92. The first kappa shape index (κ1) is 10.6. The van der Waals surface area contributed by atoms with Crippen molar-refractivity contribution in [3.8, 4) is 11.4 Å². The molecule has 0 aliphatic carbocycles. The minimum Gasteiger partial charge on any atom is -0.298 e. The average Bonchev–Trinajstić information content (AvgIpc) is 2.82. The maximum absolute atomic E-state index is 10.8. The Labute approximate surface area is 103 Å². The molecule has 0 amide bonds. The fraction of sp³-hybridized carbons (Fsp3) is 0.0769. The number of carbonyl (C=O) groups excluding carboxylic acids is 1. The van der Waals surface area contributed by atoms with Gasteiger partial charge in [0.1, 0.15) is 0 Å². The maximum Gasteiger partial charge on any atom is 0.255 e. The van der Waals surface area contributed by atoms with E-state index >= 15 is 0 Å². The number of aldehydes is 1. The number of nitrogens with zero attached hydrogens (tertiary/aromatic N) is 4. The van der Waals surface area contributed by atoms with Crippen molar-refractivity contribution in [1.29, 1.82) is 0 Å². The van der Waals surface area contributed by atoms with Gasteiger partial charge in [0.15, 0.2) is 12.1 Å². The van der Waals surface area contributed by atoms with Crippen molar-refractivity contribution in [2.45, 2.75) is 6.92 Å². The van der Waals surface area contributed by atoms with Gasteiger partial charge in [-0.05, 0) is 6.92 Å². The van der Waals surface area contributed by atoms with Crippen molar-refractivity contribution >= 4 is 12.1 Å². The summed E-state index contributed by atoms with van der Waals surface area (Å²) in [5, 5.41) is 8.08. The number of benzene rings is 1. The molecule has 2 aromatic heterocycles. The molecule has 0 radical (unpaired) electrons. The molecule has 5 nitrogen and oxygen atoms in total. The van der Waals surface area contributed by atoms with Crippen molar-refractivity contribution in [2.75, 3.05) is 0 Å². The summed E-state index contributed by atoms with van der Waals surface area (Å²) in [6.45, 7) is 2.03. The van der Waals surface area contributed by atoms with Crippen LogP contribution in [-0.2, 0) is 0 Å². The van der Waals surface area contributed by atoms with Gasteiger partial charge < -0.3 is 0 Å². The fourth-order valence-electron chi connectivity index (χ4n) is 1.77. The Morgan fingerprint density at radius 3 is 2.67 bits per heavy atom. The van der Waals surface area contributed by atoms with Crippen molar-refractivity contribution < 1.29 is 4.79 Å². The molecule has 88 valence electrons. The minimum atomic E-state index is 0.483. The van der Waals surface area contributed by atoms with E-state index in [-0.39, 0.29) is 0 Å². The second-order valence-corrected chi connectivity index (χ2v) is 4.06.